The Bertz CT molecular complexity index is 526. The van der Waals surface area contributed by atoms with Crippen LogP contribution in [-0.4, -0.2) is 34.5 Å². The molecular weight excluding hydrogens is 258 g/mol. The molecule has 0 bridgehead atoms. The van der Waals surface area contributed by atoms with Crippen LogP contribution in [0.15, 0.2) is 10.5 Å². The maximum atomic E-state index is 12.6. The van der Waals surface area contributed by atoms with Crippen LogP contribution in [0.2, 0.25) is 0 Å². The van der Waals surface area contributed by atoms with Crippen molar-refractivity contribution in [3.8, 4) is 0 Å². The van der Waals surface area contributed by atoms with Crippen LogP contribution in [0.3, 0.4) is 0 Å². The van der Waals surface area contributed by atoms with E-state index in [0.717, 1.165) is 19.3 Å². The number of aryl methyl sites for hydroxylation is 2. The number of amides is 1. The minimum Gasteiger partial charge on any atom is -0.479 e. The molecule has 0 radical (unpaired) electrons. The Morgan fingerprint density at radius 1 is 1.25 bits per heavy atom. The van der Waals surface area contributed by atoms with E-state index in [0.29, 0.717) is 29.9 Å². The summed E-state index contributed by atoms with van der Waals surface area (Å²) in [5.74, 6) is 0.0116. The summed E-state index contributed by atoms with van der Waals surface area (Å²) in [7, 11) is 1.59. The second kappa shape index (κ2) is 5.31. The van der Waals surface area contributed by atoms with E-state index in [1.54, 1.807) is 27.0 Å². The first-order valence-corrected chi connectivity index (χ1v) is 6.97. The van der Waals surface area contributed by atoms with Gasteiger partial charge in [0.2, 0.25) is 0 Å². The predicted molar refractivity (Wildman–Crippen MR) is 73.7 cm³/mol. The van der Waals surface area contributed by atoms with Crippen molar-refractivity contribution in [3.63, 3.8) is 0 Å². The van der Waals surface area contributed by atoms with Crippen LogP contribution in [0.4, 0.5) is 0 Å². The van der Waals surface area contributed by atoms with Gasteiger partial charge >= 0.3 is 5.97 Å². The SMILES string of the molecule is Cc1cc(C(=O)N(C)C2(C(=O)O)CCCCC2)c(C)o1. The standard InChI is InChI=1S/C15H21NO4/c1-10-9-12(11(2)20-10)13(17)16(3)15(14(18)19)7-5-4-6-8-15/h9H,4-8H2,1-3H3,(H,18,19). The molecule has 0 aromatic carbocycles. The summed E-state index contributed by atoms with van der Waals surface area (Å²) in [6, 6.07) is 1.67. The van der Waals surface area contributed by atoms with Gasteiger partial charge in [0, 0.05) is 7.05 Å². The molecule has 1 heterocycles. The van der Waals surface area contributed by atoms with Gasteiger partial charge in [0.05, 0.1) is 5.56 Å². The Morgan fingerprint density at radius 2 is 1.85 bits per heavy atom. The first-order valence-electron chi connectivity index (χ1n) is 6.97. The molecule has 1 amide bonds. The Labute approximate surface area is 118 Å². The predicted octanol–water partition coefficient (Wildman–Crippen LogP) is 2.76. The zero-order chi connectivity index (χ0) is 14.9. The molecular formula is C15H21NO4. The van der Waals surface area contributed by atoms with Crippen molar-refractivity contribution in [1.82, 2.24) is 4.90 Å². The lowest BCUT2D eigenvalue weighted by atomic mass is 9.80. The lowest BCUT2D eigenvalue weighted by molar-refractivity contribution is -0.151. The van der Waals surface area contributed by atoms with Gasteiger partial charge in [-0.2, -0.15) is 0 Å². The molecule has 1 aromatic heterocycles. The van der Waals surface area contributed by atoms with Crippen molar-refractivity contribution in [1.29, 1.82) is 0 Å². The highest BCUT2D eigenvalue weighted by atomic mass is 16.4. The monoisotopic (exact) mass is 279 g/mol. The highest BCUT2D eigenvalue weighted by Crippen LogP contribution is 2.34. The number of rotatable bonds is 3. The summed E-state index contributed by atoms with van der Waals surface area (Å²) in [6.45, 7) is 3.50. The Kier molecular flexibility index (Phi) is 3.88. The lowest BCUT2D eigenvalue weighted by Crippen LogP contribution is -2.56. The van der Waals surface area contributed by atoms with E-state index in [1.807, 2.05) is 0 Å². The summed E-state index contributed by atoms with van der Waals surface area (Å²) in [5.41, 5.74) is -0.622. The van der Waals surface area contributed by atoms with Gasteiger partial charge in [-0.1, -0.05) is 19.3 Å². The molecule has 1 aliphatic rings. The molecule has 0 aliphatic heterocycles. The lowest BCUT2D eigenvalue weighted by Gasteiger charge is -2.40. The topological polar surface area (TPSA) is 70.8 Å². The molecule has 1 aromatic rings. The van der Waals surface area contributed by atoms with Gasteiger partial charge in [0.25, 0.3) is 5.91 Å². The third kappa shape index (κ3) is 2.32. The molecule has 5 heteroatoms. The molecule has 20 heavy (non-hydrogen) atoms. The van der Waals surface area contributed by atoms with Crippen molar-refractivity contribution in [3.05, 3.63) is 23.2 Å². The van der Waals surface area contributed by atoms with Crippen molar-refractivity contribution < 1.29 is 19.1 Å². The second-order valence-electron chi connectivity index (χ2n) is 5.59. The number of carbonyl (C=O) groups is 2. The first-order chi connectivity index (χ1) is 9.38. The first kappa shape index (κ1) is 14.6. The minimum absolute atomic E-state index is 0.274. The zero-order valence-corrected chi connectivity index (χ0v) is 12.2. The Morgan fingerprint density at radius 3 is 2.30 bits per heavy atom. The molecule has 1 aliphatic carbocycles. The fourth-order valence-electron chi connectivity index (χ4n) is 3.05. The highest BCUT2D eigenvalue weighted by molar-refractivity contribution is 5.98. The van der Waals surface area contributed by atoms with Crippen molar-refractivity contribution in [2.45, 2.75) is 51.5 Å². The number of aliphatic carboxylic acids is 1. The third-order valence-corrected chi connectivity index (χ3v) is 4.30. The van der Waals surface area contributed by atoms with Gasteiger partial charge in [0.1, 0.15) is 17.1 Å². The molecule has 1 N–H and O–H groups in total. The quantitative estimate of drug-likeness (QED) is 0.923. The average Bonchev–Trinajstić information content (AvgIpc) is 2.76. The van der Waals surface area contributed by atoms with Crippen LogP contribution in [0.25, 0.3) is 0 Å². The molecule has 2 rings (SSSR count). The van der Waals surface area contributed by atoms with Crippen LogP contribution in [-0.2, 0) is 4.79 Å². The van der Waals surface area contributed by atoms with Gasteiger partial charge in [-0.05, 0) is 32.8 Å². The molecule has 5 nitrogen and oxygen atoms in total. The number of carboxylic acid groups (broad SMARTS) is 1. The van der Waals surface area contributed by atoms with Crippen LogP contribution in [0, 0.1) is 13.8 Å². The van der Waals surface area contributed by atoms with Gasteiger partial charge in [0.15, 0.2) is 0 Å². The number of nitrogens with zero attached hydrogens (tertiary/aromatic N) is 1. The summed E-state index contributed by atoms with van der Waals surface area (Å²) in [6.07, 6.45) is 3.74. The van der Waals surface area contributed by atoms with Crippen molar-refractivity contribution in [2.75, 3.05) is 7.05 Å². The van der Waals surface area contributed by atoms with Gasteiger partial charge < -0.3 is 14.4 Å². The van der Waals surface area contributed by atoms with E-state index >= 15 is 0 Å². The molecule has 0 atom stereocenters. The van der Waals surface area contributed by atoms with Gasteiger partial charge in [-0.15, -0.1) is 0 Å². The number of hydrogen-bond acceptors (Lipinski definition) is 3. The third-order valence-electron chi connectivity index (χ3n) is 4.30. The summed E-state index contributed by atoms with van der Waals surface area (Å²) >= 11 is 0. The normalized spacial score (nSPS) is 17.8. The van der Waals surface area contributed by atoms with Crippen LogP contribution < -0.4 is 0 Å². The van der Waals surface area contributed by atoms with Crippen LogP contribution >= 0.6 is 0 Å². The van der Waals surface area contributed by atoms with E-state index in [1.165, 1.54) is 4.90 Å². The highest BCUT2D eigenvalue weighted by Gasteiger charge is 2.46. The van der Waals surface area contributed by atoms with E-state index in [9.17, 15) is 14.7 Å². The van der Waals surface area contributed by atoms with E-state index < -0.39 is 11.5 Å². The Hall–Kier alpha value is -1.78. The maximum Gasteiger partial charge on any atom is 0.329 e. The molecule has 1 saturated carbocycles. The molecule has 0 unspecified atom stereocenters. The van der Waals surface area contributed by atoms with E-state index in [2.05, 4.69) is 0 Å². The fraction of sp³-hybridized carbons (Fsp3) is 0.600. The molecule has 0 saturated heterocycles. The second-order valence-corrected chi connectivity index (χ2v) is 5.59. The average molecular weight is 279 g/mol. The smallest absolute Gasteiger partial charge is 0.329 e. The minimum atomic E-state index is -1.08. The number of carboxylic acids is 1. The fourth-order valence-corrected chi connectivity index (χ4v) is 3.05. The van der Waals surface area contributed by atoms with Gasteiger partial charge in [-0.25, -0.2) is 4.79 Å². The number of hydrogen-bond donors (Lipinski definition) is 1. The molecule has 110 valence electrons. The summed E-state index contributed by atoms with van der Waals surface area (Å²) < 4.78 is 5.37. The van der Waals surface area contributed by atoms with E-state index in [-0.39, 0.29) is 5.91 Å². The van der Waals surface area contributed by atoms with Crippen LogP contribution in [0.1, 0.15) is 54.0 Å². The summed E-state index contributed by atoms with van der Waals surface area (Å²) in [5, 5.41) is 9.61. The Balaban J connectivity index is 2.32. The number of likely N-dealkylation sites (N-methyl/N-ethyl adjacent to an activating group) is 1. The zero-order valence-electron chi connectivity index (χ0n) is 12.2. The largest absolute Gasteiger partial charge is 0.479 e. The molecule has 0 spiro atoms. The van der Waals surface area contributed by atoms with Crippen LogP contribution in [0.5, 0.6) is 0 Å². The number of carbonyl (C=O) groups excluding carboxylic acids is 1. The van der Waals surface area contributed by atoms with Gasteiger partial charge in [-0.3, -0.25) is 4.79 Å². The van der Waals surface area contributed by atoms with Crippen molar-refractivity contribution in [2.24, 2.45) is 0 Å². The number of furan rings is 1. The van der Waals surface area contributed by atoms with E-state index in [4.69, 9.17) is 4.42 Å². The maximum absolute atomic E-state index is 12.6. The molecule has 1 fully saturated rings. The summed E-state index contributed by atoms with van der Waals surface area (Å²) in [4.78, 5) is 25.7. The van der Waals surface area contributed by atoms with Crippen molar-refractivity contribution >= 4 is 11.9 Å².